The van der Waals surface area contributed by atoms with E-state index >= 15 is 0 Å². The highest BCUT2D eigenvalue weighted by Gasteiger charge is 2.48. The second-order valence-corrected chi connectivity index (χ2v) is 15.5. The Morgan fingerprint density at radius 1 is 0.419 bits per heavy atom. The Morgan fingerprint density at radius 2 is 0.977 bits per heavy atom. The molecule has 1 aliphatic heterocycles. The van der Waals surface area contributed by atoms with Gasteiger partial charge in [-0.05, 0) is 78.0 Å². The minimum atomic E-state index is -2.52. The zero-order valence-corrected chi connectivity index (χ0v) is 25.0. The summed E-state index contributed by atoms with van der Waals surface area (Å²) < 4.78 is 2.34. The predicted molar refractivity (Wildman–Crippen MR) is 186 cm³/mol. The summed E-state index contributed by atoms with van der Waals surface area (Å²) in [6, 6.07) is 59.2. The van der Waals surface area contributed by atoms with Crippen molar-refractivity contribution in [3.05, 3.63) is 158 Å². The summed E-state index contributed by atoms with van der Waals surface area (Å²) in [5.74, 6) is 0. The van der Waals surface area contributed by atoms with Crippen LogP contribution in [0.15, 0.2) is 158 Å². The van der Waals surface area contributed by atoms with Crippen LogP contribution in [-0.4, -0.2) is 12.6 Å². The molecule has 1 aromatic heterocycles. The maximum atomic E-state index is 2.52. The van der Waals surface area contributed by atoms with Crippen LogP contribution >= 0.6 is 0 Å². The Kier molecular flexibility index (Phi) is 5.20. The molecule has 0 saturated carbocycles. The van der Waals surface area contributed by atoms with Gasteiger partial charge in [0.2, 0.25) is 0 Å². The maximum Gasteiger partial charge on any atom is 0.180 e. The van der Waals surface area contributed by atoms with Gasteiger partial charge in [0.25, 0.3) is 0 Å². The van der Waals surface area contributed by atoms with E-state index in [0.717, 1.165) is 0 Å². The van der Waals surface area contributed by atoms with Gasteiger partial charge in [0.15, 0.2) is 8.07 Å². The Hall–Kier alpha value is -5.18. The van der Waals surface area contributed by atoms with Crippen LogP contribution in [0.4, 0.5) is 0 Å². The first-order valence-electron chi connectivity index (χ1n) is 15.0. The molecule has 2 heterocycles. The first-order chi connectivity index (χ1) is 21.2. The van der Waals surface area contributed by atoms with Crippen molar-refractivity contribution >= 4 is 61.4 Å². The lowest BCUT2D eigenvalue weighted by Gasteiger charge is -2.31. The number of fused-ring (bicyclic) bond motifs is 7. The summed E-state index contributed by atoms with van der Waals surface area (Å²) in [5.41, 5.74) is 7.82. The Balaban J connectivity index is 1.31. The Labute approximate surface area is 252 Å². The summed E-state index contributed by atoms with van der Waals surface area (Å²) in [6.07, 6.45) is 0. The van der Waals surface area contributed by atoms with E-state index in [0.29, 0.717) is 0 Å². The third-order valence-electron chi connectivity index (χ3n) is 9.67. The molecular formula is C41H29NSi. The first-order valence-corrected chi connectivity index (χ1v) is 17.0. The zero-order chi connectivity index (χ0) is 28.5. The number of aromatic nitrogens is 1. The van der Waals surface area contributed by atoms with Crippen molar-refractivity contribution in [2.24, 2.45) is 7.05 Å². The van der Waals surface area contributed by atoms with Gasteiger partial charge in [-0.2, -0.15) is 0 Å². The van der Waals surface area contributed by atoms with Crippen LogP contribution in [0.25, 0.3) is 54.8 Å². The summed E-state index contributed by atoms with van der Waals surface area (Å²) in [4.78, 5) is 0. The molecule has 0 fully saturated rings. The van der Waals surface area contributed by atoms with Crippen LogP contribution in [0.5, 0.6) is 0 Å². The van der Waals surface area contributed by atoms with Gasteiger partial charge in [-0.15, -0.1) is 0 Å². The van der Waals surface area contributed by atoms with E-state index in [1.54, 1.807) is 0 Å². The van der Waals surface area contributed by atoms with Crippen LogP contribution in [0.2, 0.25) is 0 Å². The van der Waals surface area contributed by atoms with E-state index in [4.69, 9.17) is 0 Å². The highest BCUT2D eigenvalue weighted by molar-refractivity contribution is 7.22. The molecule has 202 valence electrons. The lowest BCUT2D eigenvalue weighted by molar-refractivity contribution is 1.02. The highest BCUT2D eigenvalue weighted by atomic mass is 28.3. The number of benzene rings is 7. The fourth-order valence-corrected chi connectivity index (χ4v) is 12.9. The molecule has 0 amide bonds. The largest absolute Gasteiger partial charge is 0.344 e. The fourth-order valence-electron chi connectivity index (χ4n) is 7.70. The SMILES string of the molecule is Cn1c2ccc(-c3ccc4c(c3)[Si](c3ccccc3)(c3ccccc3)c3ccccc3-4)cc2c2cc3ccccc3cc21. The van der Waals surface area contributed by atoms with Crippen LogP contribution in [0, 0.1) is 0 Å². The van der Waals surface area contributed by atoms with E-state index in [9.17, 15) is 0 Å². The predicted octanol–water partition coefficient (Wildman–Crippen LogP) is 7.51. The highest BCUT2D eigenvalue weighted by Crippen LogP contribution is 2.36. The van der Waals surface area contributed by atoms with Gasteiger partial charge < -0.3 is 4.57 Å². The number of aryl methyl sites for hydroxylation is 1. The van der Waals surface area contributed by atoms with Gasteiger partial charge in [0.1, 0.15) is 0 Å². The van der Waals surface area contributed by atoms with E-state index in [-0.39, 0.29) is 0 Å². The van der Waals surface area contributed by atoms with E-state index in [1.807, 2.05) is 0 Å². The van der Waals surface area contributed by atoms with Gasteiger partial charge in [-0.1, -0.05) is 133 Å². The third kappa shape index (κ3) is 3.39. The molecule has 43 heavy (non-hydrogen) atoms. The molecule has 0 unspecified atom stereocenters. The molecule has 7 aromatic carbocycles. The maximum absolute atomic E-state index is 2.52. The summed E-state index contributed by atoms with van der Waals surface area (Å²) in [5, 5.41) is 11.0. The molecule has 0 saturated heterocycles. The van der Waals surface area contributed by atoms with Gasteiger partial charge in [-0.3, -0.25) is 0 Å². The van der Waals surface area contributed by atoms with E-state index < -0.39 is 8.07 Å². The number of nitrogens with zero attached hydrogens (tertiary/aromatic N) is 1. The van der Waals surface area contributed by atoms with Gasteiger partial charge >= 0.3 is 0 Å². The second-order valence-electron chi connectivity index (χ2n) is 11.8. The van der Waals surface area contributed by atoms with Crippen molar-refractivity contribution < 1.29 is 0 Å². The van der Waals surface area contributed by atoms with Crippen LogP contribution in [-0.2, 0) is 7.05 Å². The van der Waals surface area contributed by atoms with Crippen molar-refractivity contribution in [2.45, 2.75) is 0 Å². The molecule has 8 aromatic rings. The first kappa shape index (κ1) is 24.4. The summed E-state index contributed by atoms with van der Waals surface area (Å²) >= 11 is 0. The molecule has 0 spiro atoms. The standard InChI is InChI=1S/C41H29NSi/c1-42-38-23-21-30(25-36(38)37-24-28-12-8-9-13-29(28)26-39(37)42)31-20-22-35-34-18-10-11-19-40(34)43(41(35)27-31,32-14-4-2-5-15-32)33-16-6-3-7-17-33/h2-27H,1H3. The zero-order valence-electron chi connectivity index (χ0n) is 24.0. The van der Waals surface area contributed by atoms with E-state index in [1.165, 1.54) is 75.6 Å². The molecule has 0 atom stereocenters. The van der Waals surface area contributed by atoms with Crippen molar-refractivity contribution in [1.29, 1.82) is 0 Å². The number of hydrogen-bond donors (Lipinski definition) is 0. The van der Waals surface area contributed by atoms with Crippen molar-refractivity contribution in [1.82, 2.24) is 4.57 Å². The van der Waals surface area contributed by atoms with E-state index in [2.05, 4.69) is 169 Å². The third-order valence-corrected chi connectivity index (χ3v) is 14.5. The quantitative estimate of drug-likeness (QED) is 0.196. The smallest absolute Gasteiger partial charge is 0.180 e. The monoisotopic (exact) mass is 563 g/mol. The van der Waals surface area contributed by atoms with Crippen LogP contribution < -0.4 is 20.7 Å². The number of hydrogen-bond acceptors (Lipinski definition) is 0. The minimum Gasteiger partial charge on any atom is -0.344 e. The normalized spacial score (nSPS) is 13.4. The molecule has 0 aliphatic carbocycles. The minimum absolute atomic E-state index is 1.26. The Bertz CT molecular complexity index is 2310. The molecule has 0 bridgehead atoms. The van der Waals surface area contributed by atoms with Crippen molar-refractivity contribution in [2.75, 3.05) is 0 Å². The molecule has 0 radical (unpaired) electrons. The number of rotatable bonds is 3. The molecule has 0 N–H and O–H groups in total. The molecule has 1 nitrogen and oxygen atoms in total. The molecule has 1 aliphatic rings. The Morgan fingerprint density at radius 3 is 1.72 bits per heavy atom. The van der Waals surface area contributed by atoms with Crippen LogP contribution in [0.3, 0.4) is 0 Å². The fraction of sp³-hybridized carbons (Fsp3) is 0.0244. The molecule has 2 heteroatoms. The van der Waals surface area contributed by atoms with Crippen molar-refractivity contribution in [3.63, 3.8) is 0 Å². The van der Waals surface area contributed by atoms with Gasteiger partial charge in [-0.25, -0.2) is 0 Å². The lowest BCUT2D eigenvalue weighted by atomic mass is 9.98. The van der Waals surface area contributed by atoms with Crippen LogP contribution in [0.1, 0.15) is 0 Å². The second kappa shape index (κ2) is 9.16. The molecular weight excluding hydrogens is 535 g/mol. The topological polar surface area (TPSA) is 4.93 Å². The summed E-state index contributed by atoms with van der Waals surface area (Å²) in [7, 11) is -0.332. The average molecular weight is 564 g/mol. The van der Waals surface area contributed by atoms with Gasteiger partial charge in [0, 0.05) is 28.9 Å². The summed E-state index contributed by atoms with van der Waals surface area (Å²) in [6.45, 7) is 0. The van der Waals surface area contributed by atoms with Gasteiger partial charge in [0.05, 0.1) is 0 Å². The van der Waals surface area contributed by atoms with Crippen molar-refractivity contribution in [3.8, 4) is 22.3 Å². The lowest BCUT2D eigenvalue weighted by Crippen LogP contribution is -2.72. The molecule has 9 rings (SSSR count). The average Bonchev–Trinajstić information content (AvgIpc) is 3.53.